The topological polar surface area (TPSA) is 79.4 Å². The van der Waals surface area contributed by atoms with Crippen molar-refractivity contribution in [3.05, 3.63) is 65.3 Å². The average Bonchev–Trinajstić information content (AvgIpc) is 2.84. The van der Waals surface area contributed by atoms with Gasteiger partial charge in [-0.05, 0) is 41.6 Å². The molecule has 24 heavy (non-hydrogen) atoms. The highest BCUT2D eigenvalue weighted by Crippen LogP contribution is 2.31. The molecule has 0 radical (unpaired) electrons. The van der Waals surface area contributed by atoms with Crippen LogP contribution in [-0.4, -0.2) is 33.5 Å². The number of thioether (sulfide) groups is 1. The van der Waals surface area contributed by atoms with Crippen molar-refractivity contribution in [2.45, 2.75) is 0 Å². The van der Waals surface area contributed by atoms with Gasteiger partial charge in [0.2, 0.25) is 5.91 Å². The van der Waals surface area contributed by atoms with Crippen molar-refractivity contribution in [2.75, 3.05) is 11.9 Å². The number of nitrogens with one attached hydrogen (secondary N) is 1. The molecule has 2 aromatic rings. The summed E-state index contributed by atoms with van der Waals surface area (Å²) in [6.45, 7) is -0.316. The smallest absolute Gasteiger partial charge is 0.294 e. The van der Waals surface area contributed by atoms with Crippen LogP contribution in [0.5, 0.6) is 0 Å². The summed E-state index contributed by atoms with van der Waals surface area (Å²) < 4.78 is 0. The summed E-state index contributed by atoms with van der Waals surface area (Å²) in [5.74, 6) is -0.900. The highest BCUT2D eigenvalue weighted by Gasteiger charge is 2.36. The van der Waals surface area contributed by atoms with Crippen LogP contribution in [-0.2, 0) is 9.59 Å². The number of para-hydroxylation sites is 1. The quantitative estimate of drug-likeness (QED) is 0.867. The van der Waals surface area contributed by atoms with E-state index in [9.17, 15) is 14.4 Å². The Balaban J connectivity index is 1.68. The van der Waals surface area contributed by atoms with Gasteiger partial charge in [0, 0.05) is 18.1 Å². The molecule has 2 heterocycles. The second kappa shape index (κ2) is 7.10. The molecule has 1 fully saturated rings. The first-order chi connectivity index (χ1) is 11.6. The molecule has 6 nitrogen and oxygen atoms in total. The SMILES string of the molecule is O=C(CN1C(=O)S/C(=C\c2cccnc2)C1=O)Nc1ccccc1. The van der Waals surface area contributed by atoms with Gasteiger partial charge in [-0.25, -0.2) is 0 Å². The summed E-state index contributed by atoms with van der Waals surface area (Å²) in [4.78, 5) is 41.5. The minimum Gasteiger partial charge on any atom is -0.325 e. The van der Waals surface area contributed by atoms with Gasteiger partial charge in [-0.3, -0.25) is 24.3 Å². The second-order valence-corrected chi connectivity index (χ2v) is 5.96. The van der Waals surface area contributed by atoms with Gasteiger partial charge in [0.25, 0.3) is 11.1 Å². The van der Waals surface area contributed by atoms with Gasteiger partial charge in [-0.1, -0.05) is 24.3 Å². The van der Waals surface area contributed by atoms with E-state index in [1.807, 2.05) is 6.07 Å². The lowest BCUT2D eigenvalue weighted by Gasteiger charge is -2.12. The molecular weight excluding hydrogens is 326 g/mol. The second-order valence-electron chi connectivity index (χ2n) is 4.97. The molecule has 1 aliphatic rings. The normalized spacial score (nSPS) is 15.8. The van der Waals surface area contributed by atoms with E-state index in [2.05, 4.69) is 10.3 Å². The molecule has 1 saturated heterocycles. The van der Waals surface area contributed by atoms with E-state index in [1.165, 1.54) is 0 Å². The monoisotopic (exact) mass is 339 g/mol. The summed E-state index contributed by atoms with van der Waals surface area (Å²) >= 11 is 0.816. The molecule has 0 bridgehead atoms. The molecule has 0 unspecified atom stereocenters. The zero-order valence-corrected chi connectivity index (χ0v) is 13.3. The van der Waals surface area contributed by atoms with Crippen molar-refractivity contribution in [1.29, 1.82) is 0 Å². The number of amides is 3. The van der Waals surface area contributed by atoms with Gasteiger partial charge >= 0.3 is 0 Å². The zero-order chi connectivity index (χ0) is 16.9. The summed E-state index contributed by atoms with van der Waals surface area (Å²) in [7, 11) is 0. The van der Waals surface area contributed by atoms with Crippen LogP contribution in [0.3, 0.4) is 0 Å². The maximum absolute atomic E-state index is 12.3. The maximum atomic E-state index is 12.3. The van der Waals surface area contributed by atoms with Crippen molar-refractivity contribution in [1.82, 2.24) is 9.88 Å². The van der Waals surface area contributed by atoms with Crippen LogP contribution < -0.4 is 5.32 Å². The van der Waals surface area contributed by atoms with Crippen LogP contribution in [0, 0.1) is 0 Å². The van der Waals surface area contributed by atoms with Gasteiger partial charge in [0.15, 0.2) is 0 Å². The molecular formula is C17H13N3O3S. The zero-order valence-electron chi connectivity index (χ0n) is 12.5. The number of rotatable bonds is 4. The van der Waals surface area contributed by atoms with Crippen LogP contribution in [0.15, 0.2) is 59.8 Å². The lowest BCUT2D eigenvalue weighted by atomic mass is 10.2. The van der Waals surface area contributed by atoms with Crippen LogP contribution in [0.4, 0.5) is 10.5 Å². The Labute approximate surface area is 142 Å². The van der Waals surface area contributed by atoms with E-state index in [-0.39, 0.29) is 11.4 Å². The van der Waals surface area contributed by atoms with Crippen molar-refractivity contribution in [3.8, 4) is 0 Å². The highest BCUT2D eigenvalue weighted by atomic mass is 32.2. The molecule has 0 spiro atoms. The third-order valence-corrected chi connectivity index (χ3v) is 4.12. The van der Waals surface area contributed by atoms with E-state index in [0.29, 0.717) is 5.69 Å². The van der Waals surface area contributed by atoms with E-state index < -0.39 is 17.1 Å². The number of aromatic nitrogens is 1. The number of hydrogen-bond acceptors (Lipinski definition) is 5. The number of carbonyl (C=O) groups is 3. The maximum Gasteiger partial charge on any atom is 0.294 e. The first kappa shape index (κ1) is 15.9. The fraction of sp³-hybridized carbons (Fsp3) is 0.0588. The Morgan fingerprint density at radius 1 is 1.17 bits per heavy atom. The minimum absolute atomic E-state index is 0.278. The van der Waals surface area contributed by atoms with Crippen molar-refractivity contribution < 1.29 is 14.4 Å². The molecule has 1 aromatic heterocycles. The molecule has 120 valence electrons. The lowest BCUT2D eigenvalue weighted by Crippen LogP contribution is -2.36. The van der Waals surface area contributed by atoms with Crippen LogP contribution in [0.25, 0.3) is 6.08 Å². The van der Waals surface area contributed by atoms with E-state index in [4.69, 9.17) is 0 Å². The molecule has 1 N–H and O–H groups in total. The summed E-state index contributed by atoms with van der Waals surface area (Å²) in [5, 5.41) is 2.19. The molecule has 1 aliphatic heterocycles. The van der Waals surface area contributed by atoms with Gasteiger partial charge in [-0.2, -0.15) is 0 Å². The summed E-state index contributed by atoms with van der Waals surface area (Å²) in [6.07, 6.45) is 4.81. The van der Waals surface area contributed by atoms with Crippen molar-refractivity contribution in [3.63, 3.8) is 0 Å². The Morgan fingerprint density at radius 2 is 1.96 bits per heavy atom. The van der Waals surface area contributed by atoms with Crippen molar-refractivity contribution in [2.24, 2.45) is 0 Å². The number of nitrogens with zero attached hydrogens (tertiary/aromatic N) is 2. The van der Waals surface area contributed by atoms with E-state index in [0.717, 1.165) is 22.2 Å². The molecule has 0 aliphatic carbocycles. The number of carbonyl (C=O) groups excluding carboxylic acids is 3. The third kappa shape index (κ3) is 3.69. The minimum atomic E-state index is -0.475. The molecule has 7 heteroatoms. The van der Waals surface area contributed by atoms with Crippen LogP contribution in [0.2, 0.25) is 0 Å². The molecule has 1 aromatic carbocycles. The molecule has 3 rings (SSSR count). The molecule has 3 amide bonds. The predicted octanol–water partition coefficient (Wildman–Crippen LogP) is 2.76. The largest absolute Gasteiger partial charge is 0.325 e. The van der Waals surface area contributed by atoms with E-state index >= 15 is 0 Å². The first-order valence-electron chi connectivity index (χ1n) is 7.14. The lowest BCUT2D eigenvalue weighted by molar-refractivity contribution is -0.127. The third-order valence-electron chi connectivity index (χ3n) is 3.22. The Bertz CT molecular complexity index is 806. The standard InChI is InChI=1S/C17H13N3O3S/c21-15(19-13-6-2-1-3-7-13)11-20-16(22)14(24-17(20)23)9-12-5-4-8-18-10-12/h1-10H,11H2,(H,19,21)/b14-9-. The van der Waals surface area contributed by atoms with E-state index in [1.54, 1.807) is 54.9 Å². The Kier molecular flexibility index (Phi) is 4.72. The fourth-order valence-corrected chi connectivity index (χ4v) is 2.95. The predicted molar refractivity (Wildman–Crippen MR) is 92.0 cm³/mol. The number of imide groups is 1. The summed E-state index contributed by atoms with van der Waals surface area (Å²) in [5.41, 5.74) is 1.33. The highest BCUT2D eigenvalue weighted by molar-refractivity contribution is 8.18. The van der Waals surface area contributed by atoms with Gasteiger partial charge in [-0.15, -0.1) is 0 Å². The van der Waals surface area contributed by atoms with Gasteiger partial charge in [0.1, 0.15) is 6.54 Å². The number of pyridine rings is 1. The molecule has 0 atom stereocenters. The average molecular weight is 339 g/mol. The number of benzene rings is 1. The summed E-state index contributed by atoms with van der Waals surface area (Å²) in [6, 6.07) is 12.4. The first-order valence-corrected chi connectivity index (χ1v) is 7.95. The number of anilines is 1. The van der Waals surface area contributed by atoms with Crippen LogP contribution >= 0.6 is 11.8 Å². The van der Waals surface area contributed by atoms with Crippen molar-refractivity contribution >= 4 is 40.6 Å². The van der Waals surface area contributed by atoms with Gasteiger partial charge in [0.05, 0.1) is 4.91 Å². The van der Waals surface area contributed by atoms with Crippen LogP contribution in [0.1, 0.15) is 5.56 Å². The Morgan fingerprint density at radius 3 is 2.67 bits per heavy atom. The van der Waals surface area contributed by atoms with Gasteiger partial charge < -0.3 is 5.32 Å². The fourth-order valence-electron chi connectivity index (χ4n) is 2.11. The Hall–Kier alpha value is -2.93. The number of hydrogen-bond donors (Lipinski definition) is 1. The molecule has 0 saturated carbocycles.